The van der Waals surface area contributed by atoms with Crippen molar-refractivity contribution in [3.05, 3.63) is 136 Å². The Kier molecular flexibility index (Phi) is 5.62. The SMILES string of the molecule is C1=CC2=C(/C=C3\C=C(CCN4CCOCC4)c4ccccc43)c3c4c5c(cccc5c5ccccc35)CC3CCC(=C1)C2C43. The molecular formula is C42H37NO. The minimum absolute atomic E-state index is 0.497. The first-order valence-electron chi connectivity index (χ1n) is 16.7. The summed E-state index contributed by atoms with van der Waals surface area (Å²) in [4.78, 5) is 2.56. The van der Waals surface area contributed by atoms with Crippen molar-refractivity contribution in [1.29, 1.82) is 0 Å². The van der Waals surface area contributed by atoms with Gasteiger partial charge in [0.1, 0.15) is 0 Å². The van der Waals surface area contributed by atoms with Gasteiger partial charge in [0.15, 0.2) is 0 Å². The van der Waals surface area contributed by atoms with Crippen LogP contribution in [0.25, 0.3) is 38.3 Å². The Morgan fingerprint density at radius 2 is 1.68 bits per heavy atom. The Morgan fingerprint density at radius 1 is 0.864 bits per heavy atom. The predicted octanol–water partition coefficient (Wildman–Crippen LogP) is 9.13. The summed E-state index contributed by atoms with van der Waals surface area (Å²) in [6, 6.07) is 25.5. The zero-order chi connectivity index (χ0) is 28.8. The molecule has 1 saturated heterocycles. The van der Waals surface area contributed by atoms with E-state index in [9.17, 15) is 0 Å². The van der Waals surface area contributed by atoms with Crippen molar-refractivity contribution in [1.82, 2.24) is 4.90 Å². The minimum atomic E-state index is 0.497. The standard InChI is InChI=1S/C42H37NO/c1-2-10-32-30(23-27(31(32)9-1)17-18-43-19-21-44-22-20-43)25-37-36-14-5-7-26-15-16-29-24-28-8-6-13-34-33-11-3-4-12-35(33)41(37)42(39(28)34)40(29)38(26)36/h1-14,23,25,29,38,40H,15-22,24H2/b30-25+. The maximum absolute atomic E-state index is 5.62. The quantitative estimate of drug-likeness (QED) is 0.227. The van der Waals surface area contributed by atoms with Gasteiger partial charge in [-0.3, -0.25) is 4.90 Å². The molecule has 0 radical (unpaired) electrons. The van der Waals surface area contributed by atoms with Crippen LogP contribution >= 0.6 is 0 Å². The zero-order valence-electron chi connectivity index (χ0n) is 25.2. The molecule has 0 aromatic heterocycles. The lowest BCUT2D eigenvalue weighted by molar-refractivity contribution is 0.0390. The third kappa shape index (κ3) is 3.62. The lowest BCUT2D eigenvalue weighted by Crippen LogP contribution is -2.37. The summed E-state index contributed by atoms with van der Waals surface area (Å²) in [7, 11) is 0. The fourth-order valence-corrected chi connectivity index (χ4v) is 9.71. The zero-order valence-corrected chi connectivity index (χ0v) is 25.2. The van der Waals surface area contributed by atoms with Crippen molar-refractivity contribution in [2.45, 2.75) is 31.6 Å². The highest BCUT2D eigenvalue weighted by atomic mass is 16.5. The van der Waals surface area contributed by atoms with Crippen molar-refractivity contribution < 1.29 is 4.74 Å². The van der Waals surface area contributed by atoms with E-state index in [1.165, 1.54) is 68.8 Å². The van der Waals surface area contributed by atoms with Crippen molar-refractivity contribution in [2.24, 2.45) is 11.8 Å². The molecule has 6 aliphatic rings. The van der Waals surface area contributed by atoms with Gasteiger partial charge in [-0.2, -0.15) is 0 Å². The van der Waals surface area contributed by atoms with Crippen molar-refractivity contribution in [3.63, 3.8) is 0 Å². The monoisotopic (exact) mass is 571 g/mol. The number of ether oxygens (including phenoxy) is 1. The van der Waals surface area contributed by atoms with Gasteiger partial charge in [0.2, 0.25) is 0 Å². The molecule has 4 aromatic carbocycles. The number of nitrogens with zero attached hydrogens (tertiary/aromatic N) is 1. The molecule has 10 rings (SSSR count). The maximum Gasteiger partial charge on any atom is 0.0594 e. The summed E-state index contributed by atoms with van der Waals surface area (Å²) in [6.45, 7) is 4.89. The van der Waals surface area contributed by atoms with E-state index in [2.05, 4.69) is 102 Å². The van der Waals surface area contributed by atoms with E-state index in [4.69, 9.17) is 4.74 Å². The molecule has 0 amide bonds. The van der Waals surface area contributed by atoms with Gasteiger partial charge in [-0.05, 0) is 115 Å². The van der Waals surface area contributed by atoms with E-state index in [0.717, 1.165) is 39.3 Å². The van der Waals surface area contributed by atoms with E-state index in [-0.39, 0.29) is 0 Å². The van der Waals surface area contributed by atoms with E-state index < -0.39 is 0 Å². The number of morpholine rings is 1. The second kappa shape index (κ2) is 9.76. The highest BCUT2D eigenvalue weighted by Gasteiger charge is 2.47. The number of rotatable bonds is 4. The molecular weight excluding hydrogens is 534 g/mol. The van der Waals surface area contributed by atoms with Crippen LogP contribution in [-0.2, 0) is 11.2 Å². The van der Waals surface area contributed by atoms with Gasteiger partial charge in [-0.15, -0.1) is 0 Å². The number of benzene rings is 4. The Bertz CT molecular complexity index is 2050. The fourth-order valence-electron chi connectivity index (χ4n) is 9.71. The Labute approximate surface area is 259 Å². The van der Waals surface area contributed by atoms with Crippen LogP contribution in [-0.4, -0.2) is 37.7 Å². The third-order valence-electron chi connectivity index (χ3n) is 11.6. The number of fused-ring (bicyclic) bond motifs is 4. The smallest absolute Gasteiger partial charge is 0.0594 e. The van der Waals surface area contributed by atoms with Gasteiger partial charge in [0.05, 0.1) is 13.2 Å². The van der Waals surface area contributed by atoms with Crippen LogP contribution in [0.4, 0.5) is 0 Å². The first-order chi connectivity index (χ1) is 21.8. The topological polar surface area (TPSA) is 12.5 Å². The van der Waals surface area contributed by atoms with Crippen molar-refractivity contribution >= 4 is 38.3 Å². The summed E-state index contributed by atoms with van der Waals surface area (Å²) in [6.07, 6.45) is 17.2. The van der Waals surface area contributed by atoms with Crippen LogP contribution in [0.15, 0.2) is 108 Å². The summed E-state index contributed by atoms with van der Waals surface area (Å²) >= 11 is 0. The van der Waals surface area contributed by atoms with Gasteiger partial charge < -0.3 is 4.74 Å². The first-order valence-corrected chi connectivity index (χ1v) is 16.7. The van der Waals surface area contributed by atoms with Crippen LogP contribution in [0.1, 0.15) is 53.0 Å². The minimum Gasteiger partial charge on any atom is -0.379 e. The molecule has 2 nitrogen and oxygen atoms in total. The van der Waals surface area contributed by atoms with Gasteiger partial charge >= 0.3 is 0 Å². The van der Waals surface area contributed by atoms with Crippen LogP contribution in [0.3, 0.4) is 0 Å². The van der Waals surface area contributed by atoms with Gasteiger partial charge in [0.25, 0.3) is 0 Å². The molecule has 1 aliphatic heterocycles. The normalized spacial score (nSPS) is 25.9. The predicted molar refractivity (Wildman–Crippen MR) is 183 cm³/mol. The van der Waals surface area contributed by atoms with Crippen molar-refractivity contribution in [3.8, 4) is 0 Å². The summed E-state index contributed by atoms with van der Waals surface area (Å²) in [5.74, 6) is 1.78. The highest BCUT2D eigenvalue weighted by molar-refractivity contribution is 6.17. The molecule has 0 bridgehead atoms. The average molecular weight is 572 g/mol. The molecule has 1 saturated carbocycles. The fraction of sp³-hybridized carbons (Fsp3) is 0.286. The average Bonchev–Trinajstić information content (AvgIpc) is 3.43. The summed E-state index contributed by atoms with van der Waals surface area (Å²) in [5, 5.41) is 5.83. The van der Waals surface area contributed by atoms with Crippen molar-refractivity contribution in [2.75, 3.05) is 32.8 Å². The third-order valence-corrected chi connectivity index (χ3v) is 11.6. The molecule has 2 heteroatoms. The first kappa shape index (κ1) is 25.4. The van der Waals surface area contributed by atoms with Gasteiger partial charge in [-0.25, -0.2) is 0 Å². The maximum atomic E-state index is 5.62. The lowest BCUT2D eigenvalue weighted by atomic mass is 9.54. The number of hydrogen-bond donors (Lipinski definition) is 0. The Balaban J connectivity index is 1.22. The molecule has 5 aliphatic carbocycles. The highest BCUT2D eigenvalue weighted by Crippen LogP contribution is 2.61. The van der Waals surface area contributed by atoms with Crippen LogP contribution in [0.2, 0.25) is 0 Å². The molecule has 3 unspecified atom stereocenters. The second-order valence-corrected chi connectivity index (χ2v) is 13.7. The largest absolute Gasteiger partial charge is 0.379 e. The van der Waals surface area contributed by atoms with E-state index in [1.54, 1.807) is 27.7 Å². The Morgan fingerprint density at radius 3 is 2.59 bits per heavy atom. The molecule has 1 heterocycles. The van der Waals surface area contributed by atoms with Gasteiger partial charge in [-0.1, -0.05) is 96.6 Å². The molecule has 3 atom stereocenters. The van der Waals surface area contributed by atoms with E-state index >= 15 is 0 Å². The van der Waals surface area contributed by atoms with Gasteiger partial charge in [0, 0.05) is 25.6 Å². The molecule has 216 valence electrons. The summed E-state index contributed by atoms with van der Waals surface area (Å²) < 4.78 is 5.62. The second-order valence-electron chi connectivity index (χ2n) is 13.7. The van der Waals surface area contributed by atoms with Crippen LogP contribution < -0.4 is 0 Å². The lowest BCUT2D eigenvalue weighted by Gasteiger charge is -2.49. The number of hydrogen-bond acceptors (Lipinski definition) is 2. The van der Waals surface area contributed by atoms with Crippen LogP contribution in [0, 0.1) is 11.8 Å². The molecule has 2 fully saturated rings. The molecule has 44 heavy (non-hydrogen) atoms. The molecule has 0 N–H and O–H groups in total. The van der Waals surface area contributed by atoms with Crippen LogP contribution in [0.5, 0.6) is 0 Å². The number of allylic oxidation sites excluding steroid dienone is 9. The Hall–Kier alpha value is -3.98. The van der Waals surface area contributed by atoms with E-state index in [1.807, 2.05) is 0 Å². The molecule has 0 spiro atoms. The summed E-state index contributed by atoms with van der Waals surface area (Å²) in [5.41, 5.74) is 15.0. The van der Waals surface area contributed by atoms with E-state index in [0.29, 0.717) is 17.8 Å². The molecule has 4 aromatic rings.